The number of carbonyl (C=O) groups is 1. The zero-order valence-electron chi connectivity index (χ0n) is 13.8. The summed E-state index contributed by atoms with van der Waals surface area (Å²) in [6, 6.07) is 12.2. The van der Waals surface area contributed by atoms with E-state index in [1.165, 1.54) is 4.90 Å². The number of nitrogens with one attached hydrogen (secondary N) is 1. The topological polar surface area (TPSA) is 42.0 Å². The summed E-state index contributed by atoms with van der Waals surface area (Å²) in [6.45, 7) is 2.16. The highest BCUT2D eigenvalue weighted by Gasteiger charge is 2.14. The molecule has 0 saturated heterocycles. The zero-order valence-corrected chi connectivity index (χ0v) is 14.6. The molecule has 1 aromatic heterocycles. The number of unbranched alkanes of at least 4 members (excludes halogenated alkanes) is 1. The van der Waals surface area contributed by atoms with Crippen LogP contribution >= 0.6 is 11.8 Å². The Kier molecular flexibility index (Phi) is 7.14. The van der Waals surface area contributed by atoms with Crippen molar-refractivity contribution in [3.8, 4) is 0 Å². The molecule has 1 aromatic carbocycles. The quantitative estimate of drug-likeness (QED) is 0.731. The monoisotopic (exact) mass is 328 g/mol. The first-order valence-electron chi connectivity index (χ1n) is 8.05. The lowest BCUT2D eigenvalue weighted by atomic mass is 10.0. The molecule has 23 heavy (non-hydrogen) atoms. The molecule has 122 valence electrons. The summed E-state index contributed by atoms with van der Waals surface area (Å²) >= 11 is 1.71. The fraction of sp³-hybridized carbons (Fsp3) is 0.368. The molecule has 0 saturated carbocycles. The van der Waals surface area contributed by atoms with Crippen molar-refractivity contribution >= 4 is 17.7 Å². The number of benzene rings is 1. The van der Waals surface area contributed by atoms with Crippen LogP contribution in [0.1, 0.15) is 43.4 Å². The molecule has 0 aliphatic carbocycles. The van der Waals surface area contributed by atoms with E-state index in [2.05, 4.69) is 29.4 Å². The summed E-state index contributed by atoms with van der Waals surface area (Å²) in [5.41, 5.74) is 2.12. The molecule has 1 N–H and O–H groups in total. The van der Waals surface area contributed by atoms with Crippen LogP contribution in [0.4, 0.5) is 0 Å². The van der Waals surface area contributed by atoms with Crippen molar-refractivity contribution in [1.29, 1.82) is 0 Å². The van der Waals surface area contributed by atoms with E-state index < -0.39 is 0 Å². The van der Waals surface area contributed by atoms with Crippen LogP contribution in [0.5, 0.6) is 0 Å². The molecule has 1 amide bonds. The van der Waals surface area contributed by atoms with E-state index in [0.717, 1.165) is 30.4 Å². The van der Waals surface area contributed by atoms with Crippen molar-refractivity contribution in [1.82, 2.24) is 10.3 Å². The summed E-state index contributed by atoms with van der Waals surface area (Å²) in [7, 11) is 0. The summed E-state index contributed by atoms with van der Waals surface area (Å²) in [4.78, 5) is 17.8. The van der Waals surface area contributed by atoms with Crippen molar-refractivity contribution in [3.05, 3.63) is 59.9 Å². The van der Waals surface area contributed by atoms with Crippen LogP contribution < -0.4 is 5.32 Å². The Balaban J connectivity index is 1.98. The maximum absolute atomic E-state index is 12.4. The number of pyridine rings is 1. The summed E-state index contributed by atoms with van der Waals surface area (Å²) in [6.07, 6.45) is 9.21. The van der Waals surface area contributed by atoms with Crippen LogP contribution in [0.15, 0.2) is 53.7 Å². The molecule has 4 heteroatoms. The first-order valence-corrected chi connectivity index (χ1v) is 9.27. The van der Waals surface area contributed by atoms with Crippen LogP contribution in [0.25, 0.3) is 0 Å². The second-order valence-corrected chi connectivity index (χ2v) is 6.45. The van der Waals surface area contributed by atoms with Gasteiger partial charge in [0, 0.05) is 17.3 Å². The Hall–Kier alpha value is -1.81. The Morgan fingerprint density at radius 3 is 2.65 bits per heavy atom. The number of hydrogen-bond acceptors (Lipinski definition) is 3. The molecule has 1 atom stereocenters. The minimum Gasteiger partial charge on any atom is -0.349 e. The molecule has 0 spiro atoms. The summed E-state index contributed by atoms with van der Waals surface area (Å²) in [5, 5.41) is 3.16. The maximum atomic E-state index is 12.4. The lowest BCUT2D eigenvalue weighted by Gasteiger charge is -2.19. The van der Waals surface area contributed by atoms with E-state index in [4.69, 9.17) is 0 Å². The molecule has 3 nitrogen and oxygen atoms in total. The number of aromatic nitrogens is 1. The Bertz CT molecular complexity index is 599. The third-order valence-corrected chi connectivity index (χ3v) is 4.54. The first-order chi connectivity index (χ1) is 11.2. The van der Waals surface area contributed by atoms with Gasteiger partial charge in [0.15, 0.2) is 0 Å². The summed E-state index contributed by atoms with van der Waals surface area (Å²) < 4.78 is 0. The Morgan fingerprint density at radius 1 is 1.26 bits per heavy atom. The van der Waals surface area contributed by atoms with E-state index in [9.17, 15) is 4.79 Å². The molecule has 0 fully saturated rings. The highest BCUT2D eigenvalue weighted by Crippen LogP contribution is 2.19. The Morgan fingerprint density at radius 2 is 2.04 bits per heavy atom. The van der Waals surface area contributed by atoms with E-state index >= 15 is 0 Å². The molecular weight excluding hydrogens is 304 g/mol. The van der Waals surface area contributed by atoms with Gasteiger partial charge in [-0.1, -0.05) is 38.0 Å². The average molecular weight is 328 g/mol. The van der Waals surface area contributed by atoms with Crippen LogP contribution in [-0.2, 0) is 11.2 Å². The third kappa shape index (κ3) is 5.71. The van der Waals surface area contributed by atoms with Gasteiger partial charge in [-0.15, -0.1) is 11.8 Å². The number of rotatable bonds is 8. The van der Waals surface area contributed by atoms with Gasteiger partial charge in [0.2, 0.25) is 5.91 Å². The second kappa shape index (κ2) is 9.36. The molecule has 0 aliphatic rings. The van der Waals surface area contributed by atoms with E-state index in [-0.39, 0.29) is 11.9 Å². The second-order valence-electron chi connectivity index (χ2n) is 5.57. The molecule has 2 aromatic rings. The van der Waals surface area contributed by atoms with Gasteiger partial charge in [-0.3, -0.25) is 9.78 Å². The largest absolute Gasteiger partial charge is 0.349 e. The fourth-order valence-electron chi connectivity index (χ4n) is 2.49. The molecular formula is C19H24N2OS. The number of carbonyl (C=O) groups excluding carboxylic acids is 1. The lowest BCUT2D eigenvalue weighted by Crippen LogP contribution is -2.30. The van der Waals surface area contributed by atoms with Gasteiger partial charge >= 0.3 is 0 Å². The number of nitrogens with zero attached hydrogens (tertiary/aromatic N) is 1. The smallest absolute Gasteiger partial charge is 0.224 e. The van der Waals surface area contributed by atoms with Crippen LogP contribution in [0.2, 0.25) is 0 Å². The normalized spacial score (nSPS) is 11.9. The number of thioether (sulfide) groups is 1. The van der Waals surface area contributed by atoms with Crippen LogP contribution in [0.3, 0.4) is 0 Å². The fourth-order valence-corrected chi connectivity index (χ4v) is 2.89. The number of hydrogen-bond donors (Lipinski definition) is 1. The van der Waals surface area contributed by atoms with Crippen molar-refractivity contribution in [2.24, 2.45) is 0 Å². The minimum absolute atomic E-state index is 0.0432. The molecule has 0 bridgehead atoms. The van der Waals surface area contributed by atoms with Crippen molar-refractivity contribution in [3.63, 3.8) is 0 Å². The average Bonchev–Trinajstić information content (AvgIpc) is 2.60. The minimum atomic E-state index is 0.0432. The zero-order chi connectivity index (χ0) is 16.5. The molecule has 0 aliphatic heterocycles. The van der Waals surface area contributed by atoms with E-state index in [0.29, 0.717) is 6.42 Å². The molecule has 2 rings (SSSR count). The van der Waals surface area contributed by atoms with Gasteiger partial charge < -0.3 is 5.32 Å². The van der Waals surface area contributed by atoms with Crippen molar-refractivity contribution in [2.45, 2.75) is 43.5 Å². The van der Waals surface area contributed by atoms with Gasteiger partial charge in [-0.05, 0) is 42.0 Å². The van der Waals surface area contributed by atoms with Crippen molar-refractivity contribution in [2.75, 3.05) is 6.26 Å². The first kappa shape index (κ1) is 17.5. The highest BCUT2D eigenvalue weighted by atomic mass is 32.2. The molecule has 0 radical (unpaired) electrons. The lowest BCUT2D eigenvalue weighted by molar-refractivity contribution is -0.121. The van der Waals surface area contributed by atoms with Gasteiger partial charge in [0.25, 0.3) is 0 Å². The highest BCUT2D eigenvalue weighted by molar-refractivity contribution is 7.98. The third-order valence-electron chi connectivity index (χ3n) is 3.79. The summed E-state index contributed by atoms with van der Waals surface area (Å²) in [5.74, 6) is 0.0619. The SMILES string of the molecule is CCCC[C@@H](NC(=O)Cc1ccc(SC)cc1)c1cccnc1. The number of amides is 1. The standard InChI is InChI=1S/C19H24N2OS/c1-3-4-7-18(16-6-5-12-20-14-16)21-19(22)13-15-8-10-17(23-2)11-9-15/h5-6,8-12,14,18H,3-4,7,13H2,1-2H3,(H,21,22)/t18-/m1/s1. The van der Waals surface area contributed by atoms with Crippen LogP contribution in [0, 0.1) is 0 Å². The van der Waals surface area contributed by atoms with Gasteiger partial charge in [-0.2, -0.15) is 0 Å². The van der Waals surface area contributed by atoms with Gasteiger partial charge in [0.1, 0.15) is 0 Å². The molecule has 1 heterocycles. The van der Waals surface area contributed by atoms with Crippen LogP contribution in [-0.4, -0.2) is 17.1 Å². The van der Waals surface area contributed by atoms with Crippen molar-refractivity contribution < 1.29 is 4.79 Å². The van der Waals surface area contributed by atoms with Gasteiger partial charge in [0.05, 0.1) is 12.5 Å². The van der Waals surface area contributed by atoms with E-state index in [1.807, 2.05) is 36.7 Å². The Labute approximate surface area is 142 Å². The maximum Gasteiger partial charge on any atom is 0.224 e. The predicted octanol–water partition coefficient (Wildman–Crippen LogP) is 4.39. The van der Waals surface area contributed by atoms with E-state index in [1.54, 1.807) is 18.0 Å². The molecule has 0 unspecified atom stereocenters. The van der Waals surface area contributed by atoms with Gasteiger partial charge in [-0.25, -0.2) is 0 Å². The predicted molar refractivity (Wildman–Crippen MR) is 96.6 cm³/mol.